The largest absolute Gasteiger partial charge is 0.325 e. The van der Waals surface area contributed by atoms with Crippen molar-refractivity contribution in [3.63, 3.8) is 0 Å². The molecule has 1 rings (SSSR count). The molecule has 0 aromatic rings. The van der Waals surface area contributed by atoms with Crippen LogP contribution in [0.4, 0.5) is 4.79 Å². The minimum atomic E-state index is -0.694. The van der Waals surface area contributed by atoms with Crippen molar-refractivity contribution in [2.24, 2.45) is 5.92 Å². The van der Waals surface area contributed by atoms with Gasteiger partial charge in [-0.2, -0.15) is 0 Å². The molecular formula is C10H18N2O2. The van der Waals surface area contributed by atoms with Crippen molar-refractivity contribution in [3.05, 3.63) is 0 Å². The van der Waals surface area contributed by atoms with Crippen LogP contribution in [-0.4, -0.2) is 28.9 Å². The Labute approximate surface area is 84.7 Å². The molecule has 1 fully saturated rings. The number of carbonyl (C=O) groups is 2. The van der Waals surface area contributed by atoms with Crippen molar-refractivity contribution < 1.29 is 9.59 Å². The van der Waals surface area contributed by atoms with Gasteiger partial charge in [-0.1, -0.05) is 20.3 Å². The highest BCUT2D eigenvalue weighted by Gasteiger charge is 2.45. The van der Waals surface area contributed by atoms with Gasteiger partial charge >= 0.3 is 6.03 Å². The minimum Gasteiger partial charge on any atom is -0.310 e. The molecule has 1 unspecified atom stereocenters. The first kappa shape index (κ1) is 11.0. The number of hydrogen-bond acceptors (Lipinski definition) is 2. The molecular weight excluding hydrogens is 180 g/mol. The first-order chi connectivity index (χ1) is 6.39. The third-order valence-electron chi connectivity index (χ3n) is 2.89. The van der Waals surface area contributed by atoms with E-state index in [9.17, 15) is 9.59 Å². The van der Waals surface area contributed by atoms with Crippen molar-refractivity contribution in [1.29, 1.82) is 0 Å². The Hall–Kier alpha value is -1.06. The molecule has 14 heavy (non-hydrogen) atoms. The van der Waals surface area contributed by atoms with Crippen LogP contribution < -0.4 is 5.32 Å². The van der Waals surface area contributed by atoms with Crippen LogP contribution in [0.25, 0.3) is 0 Å². The second-order valence-corrected chi connectivity index (χ2v) is 4.44. The molecule has 0 aromatic heterocycles. The van der Waals surface area contributed by atoms with Gasteiger partial charge in [0.05, 0.1) is 0 Å². The van der Waals surface area contributed by atoms with Crippen LogP contribution >= 0.6 is 0 Å². The summed E-state index contributed by atoms with van der Waals surface area (Å²) in [7, 11) is 0. The fourth-order valence-electron chi connectivity index (χ4n) is 1.45. The third-order valence-corrected chi connectivity index (χ3v) is 2.89. The molecule has 1 aliphatic rings. The predicted molar refractivity (Wildman–Crippen MR) is 53.8 cm³/mol. The second-order valence-electron chi connectivity index (χ2n) is 4.44. The molecule has 0 radical (unpaired) electrons. The summed E-state index contributed by atoms with van der Waals surface area (Å²) in [6.45, 7) is 8.34. The maximum absolute atomic E-state index is 11.4. The second kappa shape index (κ2) is 3.59. The monoisotopic (exact) mass is 198 g/mol. The number of imide groups is 1. The number of hydrogen-bond donors (Lipinski definition) is 1. The lowest BCUT2D eigenvalue weighted by atomic mass is 10.0. The first-order valence-corrected chi connectivity index (χ1v) is 5.02. The first-order valence-electron chi connectivity index (χ1n) is 5.02. The van der Waals surface area contributed by atoms with Gasteiger partial charge in [0.1, 0.15) is 5.54 Å². The van der Waals surface area contributed by atoms with E-state index in [0.29, 0.717) is 12.5 Å². The van der Waals surface area contributed by atoms with Crippen molar-refractivity contribution >= 4 is 11.9 Å². The average Bonchev–Trinajstić information content (AvgIpc) is 2.28. The molecule has 1 atom stereocenters. The summed E-state index contributed by atoms with van der Waals surface area (Å²) in [5, 5.41) is 2.33. The Balaban J connectivity index is 2.76. The molecule has 1 N–H and O–H groups in total. The molecule has 1 aliphatic heterocycles. The summed E-state index contributed by atoms with van der Waals surface area (Å²) in [4.78, 5) is 24.5. The van der Waals surface area contributed by atoms with Gasteiger partial charge in [-0.3, -0.25) is 10.1 Å². The van der Waals surface area contributed by atoms with Gasteiger partial charge in [0, 0.05) is 6.54 Å². The van der Waals surface area contributed by atoms with Gasteiger partial charge in [0.15, 0.2) is 0 Å². The molecule has 4 heteroatoms. The van der Waals surface area contributed by atoms with E-state index in [1.807, 2.05) is 0 Å². The summed E-state index contributed by atoms with van der Waals surface area (Å²) >= 11 is 0. The van der Waals surface area contributed by atoms with E-state index < -0.39 is 5.54 Å². The number of urea groups is 1. The maximum Gasteiger partial charge on any atom is 0.325 e. The normalized spacial score (nSPS) is 22.4. The Morgan fingerprint density at radius 3 is 2.36 bits per heavy atom. The average molecular weight is 198 g/mol. The third kappa shape index (κ3) is 1.74. The maximum atomic E-state index is 11.4. The number of nitrogens with zero attached hydrogens (tertiary/aromatic N) is 1. The highest BCUT2D eigenvalue weighted by molar-refractivity contribution is 6.06. The van der Waals surface area contributed by atoms with E-state index in [4.69, 9.17) is 0 Å². The Kier molecular flexibility index (Phi) is 2.83. The Morgan fingerprint density at radius 1 is 1.43 bits per heavy atom. The van der Waals surface area contributed by atoms with Gasteiger partial charge in [0.2, 0.25) is 0 Å². The molecule has 0 aromatic carbocycles. The van der Waals surface area contributed by atoms with Crippen molar-refractivity contribution in [2.75, 3.05) is 6.54 Å². The van der Waals surface area contributed by atoms with Crippen LogP contribution in [0.5, 0.6) is 0 Å². The van der Waals surface area contributed by atoms with Crippen LogP contribution in [0, 0.1) is 5.92 Å². The van der Waals surface area contributed by atoms with E-state index in [2.05, 4.69) is 19.2 Å². The van der Waals surface area contributed by atoms with E-state index in [1.165, 1.54) is 0 Å². The summed E-state index contributed by atoms with van der Waals surface area (Å²) in [5.74, 6) is 0.219. The molecule has 1 saturated heterocycles. The van der Waals surface area contributed by atoms with Crippen LogP contribution in [0.15, 0.2) is 0 Å². The van der Waals surface area contributed by atoms with Crippen molar-refractivity contribution in [1.82, 2.24) is 10.2 Å². The van der Waals surface area contributed by atoms with E-state index in [0.717, 1.165) is 6.42 Å². The SMILES string of the molecule is CCC(C)CN1C(=O)NC(=O)C1(C)C. The number of nitrogens with one attached hydrogen (secondary N) is 1. The lowest BCUT2D eigenvalue weighted by molar-refractivity contribution is -0.125. The zero-order chi connectivity index (χ0) is 10.9. The molecule has 0 spiro atoms. The smallest absolute Gasteiger partial charge is 0.310 e. The van der Waals surface area contributed by atoms with Gasteiger partial charge in [-0.25, -0.2) is 4.79 Å². The lowest BCUT2D eigenvalue weighted by Crippen LogP contribution is -2.46. The fourth-order valence-corrected chi connectivity index (χ4v) is 1.45. The summed E-state index contributed by atoms with van der Waals surface area (Å²) in [6.07, 6.45) is 1.01. The number of amides is 3. The Bertz CT molecular complexity index is 261. The highest BCUT2D eigenvalue weighted by Crippen LogP contribution is 2.22. The molecule has 80 valence electrons. The number of carbonyl (C=O) groups excluding carboxylic acids is 2. The highest BCUT2D eigenvalue weighted by atomic mass is 16.2. The lowest BCUT2D eigenvalue weighted by Gasteiger charge is -2.29. The molecule has 0 aliphatic carbocycles. The van der Waals surface area contributed by atoms with Crippen LogP contribution in [-0.2, 0) is 4.79 Å². The zero-order valence-corrected chi connectivity index (χ0v) is 9.26. The summed E-state index contributed by atoms with van der Waals surface area (Å²) in [5.41, 5.74) is -0.694. The minimum absolute atomic E-state index is 0.203. The van der Waals surface area contributed by atoms with Crippen LogP contribution in [0.1, 0.15) is 34.1 Å². The van der Waals surface area contributed by atoms with Gasteiger partial charge in [-0.15, -0.1) is 0 Å². The molecule has 0 bridgehead atoms. The molecule has 3 amide bonds. The summed E-state index contributed by atoms with van der Waals surface area (Å²) in [6, 6.07) is -0.264. The van der Waals surface area contributed by atoms with E-state index in [-0.39, 0.29) is 11.9 Å². The van der Waals surface area contributed by atoms with Gasteiger partial charge in [0.25, 0.3) is 5.91 Å². The van der Waals surface area contributed by atoms with Gasteiger partial charge < -0.3 is 4.90 Å². The number of rotatable bonds is 3. The van der Waals surface area contributed by atoms with Gasteiger partial charge in [-0.05, 0) is 19.8 Å². The standard InChI is InChI=1S/C10H18N2O2/c1-5-7(2)6-12-9(14)11-8(13)10(12,3)4/h7H,5-6H2,1-4H3,(H,11,13,14). The fraction of sp³-hybridized carbons (Fsp3) is 0.800. The van der Waals surface area contributed by atoms with E-state index >= 15 is 0 Å². The quantitative estimate of drug-likeness (QED) is 0.696. The molecule has 1 heterocycles. The zero-order valence-electron chi connectivity index (χ0n) is 9.26. The topological polar surface area (TPSA) is 49.4 Å². The molecule has 4 nitrogen and oxygen atoms in total. The Morgan fingerprint density at radius 2 is 2.00 bits per heavy atom. The summed E-state index contributed by atoms with van der Waals surface area (Å²) < 4.78 is 0. The van der Waals surface area contributed by atoms with Crippen LogP contribution in [0.2, 0.25) is 0 Å². The van der Waals surface area contributed by atoms with Crippen molar-refractivity contribution in [3.8, 4) is 0 Å². The predicted octanol–water partition coefficient (Wildman–Crippen LogP) is 1.36. The molecule has 0 saturated carbocycles. The van der Waals surface area contributed by atoms with E-state index in [1.54, 1.807) is 18.7 Å². The van der Waals surface area contributed by atoms with Crippen molar-refractivity contribution in [2.45, 2.75) is 39.7 Å². The van der Waals surface area contributed by atoms with Crippen LogP contribution in [0.3, 0.4) is 0 Å².